The van der Waals surface area contributed by atoms with Gasteiger partial charge in [-0.2, -0.15) is 0 Å². The van der Waals surface area contributed by atoms with E-state index in [9.17, 15) is 9.18 Å². The average Bonchev–Trinajstić information content (AvgIpc) is 2.68. The van der Waals surface area contributed by atoms with Crippen LogP contribution in [0.15, 0.2) is 54.4 Å². The summed E-state index contributed by atoms with van der Waals surface area (Å²) >= 11 is 0. The van der Waals surface area contributed by atoms with E-state index in [2.05, 4.69) is 21.7 Å². The van der Waals surface area contributed by atoms with E-state index in [-0.39, 0.29) is 11.7 Å². The number of aromatic nitrogens is 1. The Kier molecular flexibility index (Phi) is 6.36. The first kappa shape index (κ1) is 18.1. The summed E-state index contributed by atoms with van der Waals surface area (Å²) in [5.74, 6) is -0.479. The topological polar surface area (TPSA) is 54.0 Å². The van der Waals surface area contributed by atoms with Crippen LogP contribution in [0.3, 0.4) is 0 Å². The van der Waals surface area contributed by atoms with Crippen LogP contribution >= 0.6 is 0 Å². The van der Waals surface area contributed by atoms with Gasteiger partial charge in [0, 0.05) is 25.5 Å². The standard InChI is InChI=1S/C21H24FN3O/c22-19-8-6-17(7-9-19)13-25-21(26)18-12-20(15-23-14-18)24-11-10-16-4-2-1-3-5-16/h4,6-9,12,14-15,24H,1-3,5,10-11,13H2,(H,25,26). The van der Waals surface area contributed by atoms with Gasteiger partial charge in [0.1, 0.15) is 5.82 Å². The van der Waals surface area contributed by atoms with Crippen molar-refractivity contribution in [3.05, 3.63) is 71.3 Å². The number of carbonyl (C=O) groups excluding carboxylic acids is 1. The molecule has 26 heavy (non-hydrogen) atoms. The van der Waals surface area contributed by atoms with Gasteiger partial charge in [-0.25, -0.2) is 4.39 Å². The molecule has 0 unspecified atom stereocenters. The summed E-state index contributed by atoms with van der Waals surface area (Å²) in [5.41, 5.74) is 3.72. The number of rotatable bonds is 7. The molecule has 1 aliphatic rings. The highest BCUT2D eigenvalue weighted by molar-refractivity contribution is 5.94. The predicted octanol–water partition coefficient (Wildman–Crippen LogP) is 4.45. The summed E-state index contributed by atoms with van der Waals surface area (Å²) in [6, 6.07) is 7.89. The number of pyridine rings is 1. The van der Waals surface area contributed by atoms with Crippen LogP contribution in [0.4, 0.5) is 10.1 Å². The quantitative estimate of drug-likeness (QED) is 0.723. The molecule has 2 aromatic rings. The van der Waals surface area contributed by atoms with Gasteiger partial charge in [0.2, 0.25) is 0 Å². The lowest BCUT2D eigenvalue weighted by Crippen LogP contribution is -2.23. The van der Waals surface area contributed by atoms with Crippen LogP contribution < -0.4 is 10.6 Å². The lowest BCUT2D eigenvalue weighted by molar-refractivity contribution is 0.0950. The minimum atomic E-state index is -0.285. The zero-order valence-electron chi connectivity index (χ0n) is 14.8. The van der Waals surface area contributed by atoms with Crippen molar-refractivity contribution in [1.82, 2.24) is 10.3 Å². The zero-order valence-corrected chi connectivity index (χ0v) is 14.8. The Hall–Kier alpha value is -2.69. The number of halogens is 1. The molecule has 0 saturated carbocycles. The number of hydrogen-bond donors (Lipinski definition) is 2. The molecule has 1 aromatic heterocycles. The lowest BCUT2D eigenvalue weighted by Gasteiger charge is -2.13. The van der Waals surface area contributed by atoms with Crippen molar-refractivity contribution >= 4 is 11.6 Å². The first-order valence-corrected chi connectivity index (χ1v) is 9.10. The largest absolute Gasteiger partial charge is 0.383 e. The summed E-state index contributed by atoms with van der Waals surface area (Å²) in [7, 11) is 0. The van der Waals surface area contributed by atoms with Crippen molar-refractivity contribution in [1.29, 1.82) is 0 Å². The second-order valence-electron chi connectivity index (χ2n) is 6.56. The van der Waals surface area contributed by atoms with Crippen molar-refractivity contribution in [2.75, 3.05) is 11.9 Å². The van der Waals surface area contributed by atoms with Crippen molar-refractivity contribution in [3.8, 4) is 0 Å². The molecular weight excluding hydrogens is 329 g/mol. The second kappa shape index (κ2) is 9.13. The van der Waals surface area contributed by atoms with Crippen molar-refractivity contribution in [2.24, 2.45) is 0 Å². The number of allylic oxidation sites excluding steroid dienone is 1. The lowest BCUT2D eigenvalue weighted by atomic mass is 9.97. The van der Waals surface area contributed by atoms with Crippen LogP contribution in [-0.4, -0.2) is 17.4 Å². The molecule has 136 valence electrons. The van der Waals surface area contributed by atoms with Gasteiger partial charge in [0.25, 0.3) is 5.91 Å². The number of anilines is 1. The fourth-order valence-corrected chi connectivity index (χ4v) is 3.05. The van der Waals surface area contributed by atoms with Gasteiger partial charge < -0.3 is 10.6 Å². The Bertz CT molecular complexity index is 771. The number of nitrogens with one attached hydrogen (secondary N) is 2. The molecule has 0 fully saturated rings. The maximum atomic E-state index is 12.9. The molecule has 0 spiro atoms. The minimum Gasteiger partial charge on any atom is -0.383 e. The van der Waals surface area contributed by atoms with E-state index in [1.54, 1.807) is 24.5 Å². The third-order valence-corrected chi connectivity index (χ3v) is 4.53. The molecule has 2 N–H and O–H groups in total. The maximum absolute atomic E-state index is 12.9. The van der Waals surface area contributed by atoms with Crippen LogP contribution in [0.2, 0.25) is 0 Å². The zero-order chi connectivity index (χ0) is 18.2. The molecule has 0 saturated heterocycles. The Morgan fingerprint density at radius 2 is 2.00 bits per heavy atom. The number of benzene rings is 1. The molecule has 1 amide bonds. The molecule has 1 aromatic carbocycles. The highest BCUT2D eigenvalue weighted by atomic mass is 19.1. The van der Waals surface area contributed by atoms with Gasteiger partial charge >= 0.3 is 0 Å². The third-order valence-electron chi connectivity index (χ3n) is 4.53. The molecular formula is C21H24FN3O. The predicted molar refractivity (Wildman–Crippen MR) is 101 cm³/mol. The van der Waals surface area contributed by atoms with Crippen molar-refractivity contribution in [3.63, 3.8) is 0 Å². The third kappa shape index (κ3) is 5.41. The van der Waals surface area contributed by atoms with Crippen LogP contribution in [0.5, 0.6) is 0 Å². The Morgan fingerprint density at radius 1 is 1.15 bits per heavy atom. The first-order valence-electron chi connectivity index (χ1n) is 9.10. The molecule has 0 atom stereocenters. The summed E-state index contributed by atoms with van der Waals surface area (Å²) < 4.78 is 12.9. The molecule has 3 rings (SSSR count). The Morgan fingerprint density at radius 3 is 2.77 bits per heavy atom. The highest BCUT2D eigenvalue weighted by Gasteiger charge is 2.08. The van der Waals surface area contributed by atoms with E-state index in [1.807, 2.05) is 6.07 Å². The molecule has 1 heterocycles. The van der Waals surface area contributed by atoms with Gasteiger partial charge in [0.15, 0.2) is 0 Å². The number of nitrogens with zero attached hydrogens (tertiary/aromatic N) is 1. The number of carbonyl (C=O) groups is 1. The molecule has 0 bridgehead atoms. The molecule has 1 aliphatic carbocycles. The van der Waals surface area contributed by atoms with E-state index in [1.165, 1.54) is 43.4 Å². The second-order valence-corrected chi connectivity index (χ2v) is 6.56. The minimum absolute atomic E-state index is 0.194. The van der Waals surface area contributed by atoms with Gasteiger partial charge in [-0.3, -0.25) is 9.78 Å². The van der Waals surface area contributed by atoms with Crippen molar-refractivity contribution < 1.29 is 9.18 Å². The van der Waals surface area contributed by atoms with Gasteiger partial charge in [-0.05, 0) is 55.9 Å². The fraction of sp³-hybridized carbons (Fsp3) is 0.333. The summed E-state index contributed by atoms with van der Waals surface area (Å²) in [5, 5.41) is 6.17. The molecule has 0 aliphatic heterocycles. The molecule has 0 radical (unpaired) electrons. The smallest absolute Gasteiger partial charge is 0.253 e. The SMILES string of the molecule is O=C(NCc1ccc(F)cc1)c1cncc(NCCC2=CCCCC2)c1. The van der Waals surface area contributed by atoms with E-state index in [0.717, 1.165) is 24.2 Å². The van der Waals surface area contributed by atoms with Gasteiger partial charge in [0.05, 0.1) is 11.3 Å². The van der Waals surface area contributed by atoms with Crippen molar-refractivity contribution in [2.45, 2.75) is 38.6 Å². The summed E-state index contributed by atoms with van der Waals surface area (Å²) in [6.45, 7) is 1.19. The van der Waals surface area contributed by atoms with E-state index in [0.29, 0.717) is 12.1 Å². The van der Waals surface area contributed by atoms with Crippen LogP contribution in [0.25, 0.3) is 0 Å². The van der Waals surface area contributed by atoms with Gasteiger partial charge in [-0.15, -0.1) is 0 Å². The maximum Gasteiger partial charge on any atom is 0.253 e. The average molecular weight is 353 g/mol. The van der Waals surface area contributed by atoms with E-state index in [4.69, 9.17) is 0 Å². The summed E-state index contributed by atoms with van der Waals surface area (Å²) in [6.07, 6.45) is 11.6. The monoisotopic (exact) mass is 353 g/mol. The van der Waals surface area contributed by atoms with E-state index < -0.39 is 0 Å². The number of hydrogen-bond acceptors (Lipinski definition) is 3. The fourth-order valence-electron chi connectivity index (χ4n) is 3.05. The summed E-state index contributed by atoms with van der Waals surface area (Å²) in [4.78, 5) is 16.4. The number of amides is 1. The molecule has 4 nitrogen and oxygen atoms in total. The first-order chi connectivity index (χ1) is 12.7. The highest BCUT2D eigenvalue weighted by Crippen LogP contribution is 2.20. The molecule has 5 heteroatoms. The van der Waals surface area contributed by atoms with Gasteiger partial charge in [-0.1, -0.05) is 23.8 Å². The van der Waals surface area contributed by atoms with Crippen LogP contribution in [0.1, 0.15) is 48.0 Å². The normalized spacial score (nSPS) is 13.8. The van der Waals surface area contributed by atoms with Crippen LogP contribution in [-0.2, 0) is 6.54 Å². The van der Waals surface area contributed by atoms with Crippen LogP contribution in [0, 0.1) is 5.82 Å². The van der Waals surface area contributed by atoms with E-state index >= 15 is 0 Å². The Balaban J connectivity index is 1.50. The Labute approximate surface area is 153 Å².